The van der Waals surface area contributed by atoms with Crippen molar-refractivity contribution in [3.63, 3.8) is 0 Å². The molecule has 2 aliphatic rings. The fraction of sp³-hybridized carbons (Fsp3) is 0.625. The fourth-order valence-corrected chi connectivity index (χ4v) is 3.16. The van der Waals surface area contributed by atoms with Crippen molar-refractivity contribution in [3.05, 3.63) is 23.9 Å². The third kappa shape index (κ3) is 2.80. The van der Waals surface area contributed by atoms with Crippen molar-refractivity contribution < 1.29 is 9.59 Å². The van der Waals surface area contributed by atoms with Crippen molar-refractivity contribution in [2.24, 2.45) is 5.92 Å². The van der Waals surface area contributed by atoms with Gasteiger partial charge in [-0.25, -0.2) is 0 Å². The van der Waals surface area contributed by atoms with E-state index in [-0.39, 0.29) is 17.2 Å². The number of allylic oxidation sites excluding steroid dienone is 2. The molecule has 1 fully saturated rings. The zero-order chi connectivity index (χ0) is 14.0. The number of hydrogen-bond donors (Lipinski definition) is 1. The Morgan fingerprint density at radius 1 is 1.37 bits per heavy atom. The van der Waals surface area contributed by atoms with Crippen LogP contribution in [0, 0.1) is 5.92 Å². The summed E-state index contributed by atoms with van der Waals surface area (Å²) in [5.74, 6) is 0.749. The summed E-state index contributed by atoms with van der Waals surface area (Å²) in [6.07, 6.45) is 7.07. The number of carbonyl (C=O) groups is 2. The minimum absolute atomic E-state index is 0.132. The number of rotatable bonds is 4. The molecule has 0 aromatic carbocycles. The van der Waals surface area contributed by atoms with E-state index in [2.05, 4.69) is 11.9 Å². The third-order valence-electron chi connectivity index (χ3n) is 4.72. The smallest absolute Gasteiger partial charge is 0.160 e. The summed E-state index contributed by atoms with van der Waals surface area (Å²) in [6, 6.07) is 0. The maximum atomic E-state index is 11.6. The summed E-state index contributed by atoms with van der Waals surface area (Å²) in [6.45, 7) is 7.54. The van der Waals surface area contributed by atoms with Crippen LogP contribution < -0.4 is 5.32 Å². The molecule has 0 saturated heterocycles. The van der Waals surface area contributed by atoms with Crippen molar-refractivity contribution in [2.75, 3.05) is 0 Å². The number of ketones is 2. The van der Waals surface area contributed by atoms with Crippen LogP contribution in [-0.2, 0) is 9.59 Å². The molecular weight excluding hydrogens is 238 g/mol. The number of carbonyl (C=O) groups excluding carboxylic acids is 2. The van der Waals surface area contributed by atoms with Gasteiger partial charge in [0, 0.05) is 23.6 Å². The van der Waals surface area contributed by atoms with E-state index in [1.54, 1.807) is 6.92 Å². The first-order valence-corrected chi connectivity index (χ1v) is 7.12. The van der Waals surface area contributed by atoms with Gasteiger partial charge in [-0.2, -0.15) is 0 Å². The van der Waals surface area contributed by atoms with E-state index in [0.29, 0.717) is 12.2 Å². The molecular formula is C16H23NO2. The molecule has 1 N–H and O–H groups in total. The molecule has 2 rings (SSSR count). The lowest BCUT2D eigenvalue weighted by Crippen LogP contribution is -2.46. The minimum atomic E-state index is -0.132. The molecule has 0 amide bonds. The molecule has 3 heteroatoms. The summed E-state index contributed by atoms with van der Waals surface area (Å²) in [7, 11) is 0. The van der Waals surface area contributed by atoms with Gasteiger partial charge in [0.15, 0.2) is 5.78 Å². The Morgan fingerprint density at radius 3 is 2.42 bits per heavy atom. The highest BCUT2D eigenvalue weighted by molar-refractivity contribution is 5.98. The van der Waals surface area contributed by atoms with E-state index >= 15 is 0 Å². The second kappa shape index (κ2) is 5.32. The monoisotopic (exact) mass is 261 g/mol. The highest BCUT2D eigenvalue weighted by Gasteiger charge is 2.35. The molecule has 0 heterocycles. The summed E-state index contributed by atoms with van der Waals surface area (Å²) in [4.78, 5) is 23.0. The maximum Gasteiger partial charge on any atom is 0.160 e. The zero-order valence-electron chi connectivity index (χ0n) is 11.9. The molecule has 104 valence electrons. The predicted molar refractivity (Wildman–Crippen MR) is 75.6 cm³/mol. The highest BCUT2D eigenvalue weighted by Crippen LogP contribution is 2.35. The normalized spacial score (nSPS) is 31.5. The zero-order valence-corrected chi connectivity index (χ0v) is 11.9. The molecule has 2 aliphatic carbocycles. The summed E-state index contributed by atoms with van der Waals surface area (Å²) in [5.41, 5.74) is 1.81. The van der Waals surface area contributed by atoms with E-state index in [9.17, 15) is 9.59 Å². The standard InChI is InChI=1S/C16H23NO2/c1-4-16(9-7-13(8-10-16)12(3)18)17-14-5-6-15(19)11(14)2/h4,13,17H,1,5-10H2,2-3H3/t13-,16+. The van der Waals surface area contributed by atoms with Crippen LogP contribution in [0.2, 0.25) is 0 Å². The van der Waals surface area contributed by atoms with Crippen LogP contribution in [0.25, 0.3) is 0 Å². The average Bonchev–Trinajstić information content (AvgIpc) is 2.71. The Labute approximate surface area is 115 Å². The average molecular weight is 261 g/mol. The summed E-state index contributed by atoms with van der Waals surface area (Å²) >= 11 is 0. The second-order valence-corrected chi connectivity index (χ2v) is 5.90. The molecule has 0 radical (unpaired) electrons. The van der Waals surface area contributed by atoms with Crippen LogP contribution in [0.4, 0.5) is 0 Å². The molecule has 19 heavy (non-hydrogen) atoms. The van der Waals surface area contributed by atoms with Crippen LogP contribution >= 0.6 is 0 Å². The Kier molecular flexibility index (Phi) is 3.93. The van der Waals surface area contributed by atoms with Crippen LogP contribution in [0.15, 0.2) is 23.9 Å². The molecule has 3 nitrogen and oxygen atoms in total. The van der Waals surface area contributed by atoms with Crippen molar-refractivity contribution in [1.82, 2.24) is 5.32 Å². The topological polar surface area (TPSA) is 46.2 Å². The van der Waals surface area contributed by atoms with Gasteiger partial charge in [-0.05, 0) is 46.0 Å². The first kappa shape index (κ1) is 14.0. The van der Waals surface area contributed by atoms with Gasteiger partial charge in [-0.1, -0.05) is 6.08 Å². The number of Topliss-reactive ketones (excluding diaryl/α,β-unsaturated/α-hetero) is 2. The SMILES string of the molecule is C=C[C@]1(NC2=C(C)C(=O)CC2)CC[C@@H](C(C)=O)CC1. The van der Waals surface area contributed by atoms with Crippen LogP contribution in [0.1, 0.15) is 52.4 Å². The van der Waals surface area contributed by atoms with Gasteiger partial charge in [0.25, 0.3) is 0 Å². The van der Waals surface area contributed by atoms with Crippen molar-refractivity contribution >= 4 is 11.6 Å². The second-order valence-electron chi connectivity index (χ2n) is 5.90. The first-order valence-electron chi connectivity index (χ1n) is 7.12. The van der Waals surface area contributed by atoms with Crippen LogP contribution in [-0.4, -0.2) is 17.1 Å². The molecule has 0 aliphatic heterocycles. The molecule has 0 unspecified atom stereocenters. The van der Waals surface area contributed by atoms with Crippen LogP contribution in [0.5, 0.6) is 0 Å². The van der Waals surface area contributed by atoms with Crippen molar-refractivity contribution in [3.8, 4) is 0 Å². The van der Waals surface area contributed by atoms with E-state index in [0.717, 1.165) is 43.4 Å². The molecule has 0 spiro atoms. The van der Waals surface area contributed by atoms with E-state index in [4.69, 9.17) is 0 Å². The largest absolute Gasteiger partial charge is 0.379 e. The molecule has 0 bridgehead atoms. The van der Waals surface area contributed by atoms with Gasteiger partial charge in [0.1, 0.15) is 5.78 Å². The molecule has 0 aromatic heterocycles. The fourth-order valence-electron chi connectivity index (χ4n) is 3.16. The minimum Gasteiger partial charge on any atom is -0.379 e. The molecule has 1 saturated carbocycles. The van der Waals surface area contributed by atoms with Crippen LogP contribution in [0.3, 0.4) is 0 Å². The van der Waals surface area contributed by atoms with Gasteiger partial charge < -0.3 is 5.32 Å². The van der Waals surface area contributed by atoms with Gasteiger partial charge in [-0.3, -0.25) is 9.59 Å². The molecule has 0 aromatic rings. The van der Waals surface area contributed by atoms with Gasteiger partial charge in [0.2, 0.25) is 0 Å². The third-order valence-corrected chi connectivity index (χ3v) is 4.72. The quantitative estimate of drug-likeness (QED) is 0.791. The van der Waals surface area contributed by atoms with Gasteiger partial charge in [-0.15, -0.1) is 6.58 Å². The lowest BCUT2D eigenvalue weighted by molar-refractivity contribution is -0.122. The number of hydrogen-bond acceptors (Lipinski definition) is 3. The predicted octanol–water partition coefficient (Wildman–Crippen LogP) is 2.92. The van der Waals surface area contributed by atoms with E-state index in [1.165, 1.54) is 0 Å². The van der Waals surface area contributed by atoms with E-state index in [1.807, 2.05) is 13.0 Å². The van der Waals surface area contributed by atoms with Crippen molar-refractivity contribution in [1.29, 1.82) is 0 Å². The Balaban J connectivity index is 2.07. The Bertz CT molecular complexity index is 440. The Morgan fingerprint density at radius 2 is 2.00 bits per heavy atom. The lowest BCUT2D eigenvalue weighted by atomic mass is 9.75. The van der Waals surface area contributed by atoms with Crippen molar-refractivity contribution in [2.45, 2.75) is 57.9 Å². The molecule has 0 atom stereocenters. The first-order chi connectivity index (χ1) is 8.97. The van der Waals surface area contributed by atoms with E-state index < -0.39 is 0 Å². The van der Waals surface area contributed by atoms with Gasteiger partial charge >= 0.3 is 0 Å². The lowest BCUT2D eigenvalue weighted by Gasteiger charge is -2.39. The highest BCUT2D eigenvalue weighted by atomic mass is 16.1. The Hall–Kier alpha value is -1.38. The van der Waals surface area contributed by atoms with Gasteiger partial charge in [0.05, 0.1) is 5.54 Å². The maximum absolute atomic E-state index is 11.6. The summed E-state index contributed by atoms with van der Waals surface area (Å²) in [5, 5.41) is 3.55. The summed E-state index contributed by atoms with van der Waals surface area (Å²) < 4.78 is 0. The number of nitrogens with one attached hydrogen (secondary N) is 1.